The Morgan fingerprint density at radius 3 is 2.73 bits per heavy atom. The highest BCUT2D eigenvalue weighted by atomic mass is 32.2. The summed E-state index contributed by atoms with van der Waals surface area (Å²) < 4.78 is 48.6. The Bertz CT molecular complexity index is 2010. The van der Waals surface area contributed by atoms with Gasteiger partial charge in [0.1, 0.15) is 40.6 Å². The smallest absolute Gasteiger partial charge is 0.271 e. The van der Waals surface area contributed by atoms with E-state index in [-0.39, 0.29) is 36.5 Å². The molecule has 4 heterocycles. The van der Waals surface area contributed by atoms with Crippen molar-refractivity contribution in [3.8, 4) is 5.88 Å². The summed E-state index contributed by atoms with van der Waals surface area (Å²) in [5, 5.41) is 6.57. The topological polar surface area (TPSA) is 190 Å². The fourth-order valence-electron chi connectivity index (χ4n) is 6.79. The van der Waals surface area contributed by atoms with E-state index in [2.05, 4.69) is 30.3 Å². The van der Waals surface area contributed by atoms with E-state index in [9.17, 15) is 32.0 Å². The number of aromatic nitrogens is 3. The molecule has 0 bridgehead atoms. The molecule has 2 saturated carbocycles. The highest BCUT2D eigenvalue weighted by Gasteiger charge is 2.62. The fraction of sp³-hybridized carbons (Fsp3) is 0.500. The second-order valence-electron chi connectivity index (χ2n) is 13.6. The first-order valence-corrected chi connectivity index (χ1v) is 19.6. The lowest BCUT2D eigenvalue weighted by Crippen LogP contribution is -2.58. The molecule has 0 unspecified atom stereocenters. The lowest BCUT2D eigenvalue weighted by atomic mass is 10.0. The first-order chi connectivity index (χ1) is 24.4. The van der Waals surface area contributed by atoms with Gasteiger partial charge in [-0.1, -0.05) is 31.1 Å². The number of nitrogens with zero attached hydrogens (tertiary/aromatic N) is 4. The number of halogens is 1. The summed E-state index contributed by atoms with van der Waals surface area (Å²) in [5.74, 6) is -3.53. The van der Waals surface area contributed by atoms with Crippen LogP contribution in [0.3, 0.4) is 0 Å². The van der Waals surface area contributed by atoms with Crippen LogP contribution in [0.4, 0.5) is 4.39 Å². The number of hydrogen-bond donors (Lipinski definition) is 3. The first-order valence-electron chi connectivity index (χ1n) is 17.1. The van der Waals surface area contributed by atoms with Crippen LogP contribution in [0.5, 0.6) is 5.88 Å². The van der Waals surface area contributed by atoms with Crippen molar-refractivity contribution >= 4 is 56.0 Å². The molecule has 3 aromatic rings. The second-order valence-corrected chi connectivity index (χ2v) is 16.3. The van der Waals surface area contributed by atoms with Gasteiger partial charge in [0, 0.05) is 17.7 Å². The lowest BCUT2D eigenvalue weighted by Gasteiger charge is -2.29. The summed E-state index contributed by atoms with van der Waals surface area (Å²) in [6.07, 6.45) is 7.16. The summed E-state index contributed by atoms with van der Waals surface area (Å²) >= 11 is 1.24. The van der Waals surface area contributed by atoms with E-state index in [1.165, 1.54) is 33.9 Å². The van der Waals surface area contributed by atoms with Gasteiger partial charge in [-0.25, -0.2) is 27.8 Å². The van der Waals surface area contributed by atoms with E-state index >= 15 is 0 Å². The van der Waals surface area contributed by atoms with Gasteiger partial charge in [-0.05, 0) is 57.6 Å². The maximum absolute atomic E-state index is 14.6. The van der Waals surface area contributed by atoms with Crippen LogP contribution in [0.1, 0.15) is 74.0 Å². The number of fused-ring (bicyclic) bond motifs is 3. The third-order valence-electron chi connectivity index (χ3n) is 9.87. The molecule has 3 fully saturated rings. The summed E-state index contributed by atoms with van der Waals surface area (Å²) in [5.41, 5.74) is 0.873. The molecule has 2 aliphatic heterocycles. The molecule has 0 spiro atoms. The van der Waals surface area contributed by atoms with Crippen LogP contribution in [0.15, 0.2) is 41.2 Å². The van der Waals surface area contributed by atoms with Crippen molar-refractivity contribution in [2.24, 2.45) is 5.92 Å². The monoisotopic (exact) mass is 739 g/mol. The van der Waals surface area contributed by atoms with E-state index < -0.39 is 74.4 Å². The third-order valence-corrected chi connectivity index (χ3v) is 12.3. The lowest BCUT2D eigenvalue weighted by molar-refractivity contribution is -0.141. The summed E-state index contributed by atoms with van der Waals surface area (Å²) in [4.78, 5) is 69.5. The Balaban J connectivity index is 1.20. The molecule has 1 aromatic carbocycles. The molecule has 7 rings (SSSR count). The van der Waals surface area contributed by atoms with Crippen LogP contribution in [0, 0.1) is 18.7 Å². The quantitative estimate of drug-likeness (QED) is 0.304. The highest BCUT2D eigenvalue weighted by Crippen LogP contribution is 2.46. The minimum absolute atomic E-state index is 0.00603. The van der Waals surface area contributed by atoms with Gasteiger partial charge < -0.3 is 20.3 Å². The molecular formula is C34H38FN7O7S2. The molecule has 5 atom stereocenters. The van der Waals surface area contributed by atoms with E-state index in [0.717, 1.165) is 12.8 Å². The Hall–Kier alpha value is -4.51. The molecule has 4 amide bonds. The standard InChI is InChI=1S/C34H38FN7O7S2/c1-19-31(39-28-23(35)9-7-11-24(28)37-19)49-21-14-27-30(44)40-34(33(46)41-51(47,48)22-12-13-22)15-20(34)8-5-3-2-4-6-10-25(32(45)42(27)16-21)38-29(43)26-17-50-18-36-26/h5,7-9,11,17-18,20-22,25,27H,2-4,6,10,12-16H2,1H3,(H,38,43)(H,40,44)(H,41,46)/b8-5-/t20-,21-,25+,27+,34-/m1/s1. The predicted octanol–water partition coefficient (Wildman–Crippen LogP) is 2.68. The molecule has 4 aliphatic rings. The molecule has 1 saturated heterocycles. The number of hydrogen-bond acceptors (Lipinski definition) is 11. The Morgan fingerprint density at radius 2 is 1.96 bits per heavy atom. The molecule has 51 heavy (non-hydrogen) atoms. The van der Waals surface area contributed by atoms with Gasteiger partial charge in [-0.15, -0.1) is 11.3 Å². The normalized spacial score (nSPS) is 27.7. The van der Waals surface area contributed by atoms with Crippen molar-refractivity contribution in [2.45, 2.75) is 93.7 Å². The SMILES string of the molecule is Cc1nc2cccc(F)c2nc1O[C@@H]1C[C@H]2C(=O)N[C@]3(C(=O)NS(=O)(=O)C4CC4)C[C@H]3/C=C\CCCCC[C@H](NC(=O)c3cscn3)C(=O)N2C1. The van der Waals surface area contributed by atoms with Crippen molar-refractivity contribution in [1.82, 2.24) is 35.2 Å². The number of nitrogens with one attached hydrogen (secondary N) is 3. The summed E-state index contributed by atoms with van der Waals surface area (Å²) in [6.45, 7) is 1.57. The zero-order valence-corrected chi connectivity index (χ0v) is 29.5. The molecule has 3 N–H and O–H groups in total. The largest absolute Gasteiger partial charge is 0.471 e. The third kappa shape index (κ3) is 7.31. The van der Waals surface area contributed by atoms with Crippen molar-refractivity contribution < 1.29 is 36.7 Å². The zero-order valence-electron chi connectivity index (χ0n) is 27.8. The number of carbonyl (C=O) groups excluding carboxylic acids is 4. The Labute approximate surface area is 297 Å². The van der Waals surface area contributed by atoms with Gasteiger partial charge in [-0.2, -0.15) is 0 Å². The molecule has 17 heteroatoms. The predicted molar refractivity (Wildman–Crippen MR) is 183 cm³/mol. The number of ether oxygens (including phenoxy) is 1. The van der Waals surface area contributed by atoms with Crippen LogP contribution < -0.4 is 20.1 Å². The summed E-state index contributed by atoms with van der Waals surface area (Å²) in [7, 11) is -3.90. The number of rotatable bonds is 7. The van der Waals surface area contributed by atoms with Crippen molar-refractivity contribution in [2.75, 3.05) is 6.54 Å². The van der Waals surface area contributed by atoms with Crippen molar-refractivity contribution in [3.63, 3.8) is 0 Å². The first kappa shape index (κ1) is 34.9. The van der Waals surface area contributed by atoms with Gasteiger partial charge in [-0.3, -0.25) is 23.9 Å². The van der Waals surface area contributed by atoms with Crippen LogP contribution in [0.2, 0.25) is 0 Å². The maximum atomic E-state index is 14.6. The fourth-order valence-corrected chi connectivity index (χ4v) is 8.69. The van der Waals surface area contributed by atoms with E-state index in [1.54, 1.807) is 18.4 Å². The number of amides is 4. The van der Waals surface area contributed by atoms with Crippen LogP contribution in [0.25, 0.3) is 11.0 Å². The number of aryl methyl sites for hydroxylation is 1. The van der Waals surface area contributed by atoms with Gasteiger partial charge in [0.25, 0.3) is 11.8 Å². The van der Waals surface area contributed by atoms with Crippen LogP contribution >= 0.6 is 11.3 Å². The minimum Gasteiger partial charge on any atom is -0.471 e. The van der Waals surface area contributed by atoms with Crippen molar-refractivity contribution in [1.29, 1.82) is 0 Å². The number of sulfonamides is 1. The van der Waals surface area contributed by atoms with Crippen molar-refractivity contribution in [3.05, 3.63) is 58.4 Å². The van der Waals surface area contributed by atoms with E-state index in [4.69, 9.17) is 4.74 Å². The number of benzene rings is 1. The summed E-state index contributed by atoms with van der Waals surface area (Å²) in [6, 6.07) is 2.25. The molecule has 2 aliphatic carbocycles. The molecule has 2 aromatic heterocycles. The number of allylic oxidation sites excluding steroid dienone is 1. The van der Waals surface area contributed by atoms with E-state index in [0.29, 0.717) is 43.3 Å². The molecule has 270 valence electrons. The molecule has 0 radical (unpaired) electrons. The molecular weight excluding hydrogens is 702 g/mol. The highest BCUT2D eigenvalue weighted by molar-refractivity contribution is 7.91. The van der Waals surface area contributed by atoms with E-state index in [1.807, 2.05) is 12.2 Å². The molecule has 14 nitrogen and oxygen atoms in total. The Morgan fingerprint density at radius 1 is 1.14 bits per heavy atom. The number of thiazole rings is 1. The van der Waals surface area contributed by atoms with Crippen LogP contribution in [-0.4, -0.2) is 87.4 Å². The van der Waals surface area contributed by atoms with Crippen LogP contribution in [-0.2, 0) is 24.4 Å². The van der Waals surface area contributed by atoms with Gasteiger partial charge in [0.15, 0.2) is 5.82 Å². The zero-order chi connectivity index (χ0) is 35.9. The van der Waals surface area contributed by atoms with Gasteiger partial charge in [0.2, 0.25) is 27.7 Å². The number of carbonyl (C=O) groups is 4. The Kier molecular flexibility index (Phi) is 9.52. The average Bonchev–Trinajstić information content (AvgIpc) is 3.95. The maximum Gasteiger partial charge on any atom is 0.271 e. The van der Waals surface area contributed by atoms with Gasteiger partial charge >= 0.3 is 0 Å². The van der Waals surface area contributed by atoms with Gasteiger partial charge in [0.05, 0.1) is 22.8 Å². The average molecular weight is 740 g/mol. The minimum atomic E-state index is -3.90. The second kappa shape index (κ2) is 13.9. The number of para-hydroxylation sites is 1.